The summed E-state index contributed by atoms with van der Waals surface area (Å²) in [5, 5.41) is 13.3. The smallest absolute Gasteiger partial charge is 0.157 e. The molecule has 0 amide bonds. The molecular formula is C7H12N2O. The lowest BCUT2D eigenvalue weighted by atomic mass is 10.1. The number of rotatable bonds is 1. The number of aryl methyl sites for hydroxylation is 1. The highest BCUT2D eigenvalue weighted by Gasteiger charge is 2.08. The van der Waals surface area contributed by atoms with Crippen molar-refractivity contribution in [2.24, 2.45) is 7.05 Å². The molecule has 0 aliphatic heterocycles. The summed E-state index contributed by atoms with van der Waals surface area (Å²) in [6, 6.07) is 0. The van der Waals surface area contributed by atoms with Gasteiger partial charge in [-0.1, -0.05) is 13.8 Å². The van der Waals surface area contributed by atoms with Gasteiger partial charge in [0.05, 0.1) is 6.20 Å². The first-order valence-corrected chi connectivity index (χ1v) is 3.33. The van der Waals surface area contributed by atoms with Crippen molar-refractivity contribution in [3.63, 3.8) is 0 Å². The summed E-state index contributed by atoms with van der Waals surface area (Å²) in [6.45, 7) is 4.00. The molecule has 0 aromatic carbocycles. The number of nitrogens with zero attached hydrogens (tertiary/aromatic N) is 2. The van der Waals surface area contributed by atoms with Crippen molar-refractivity contribution in [1.29, 1.82) is 0 Å². The van der Waals surface area contributed by atoms with Crippen molar-refractivity contribution in [3.05, 3.63) is 11.9 Å². The molecule has 1 rings (SSSR count). The molecule has 0 unspecified atom stereocenters. The Morgan fingerprint density at radius 3 is 2.40 bits per heavy atom. The Labute approximate surface area is 60.3 Å². The van der Waals surface area contributed by atoms with Crippen molar-refractivity contribution in [1.82, 2.24) is 9.78 Å². The van der Waals surface area contributed by atoms with Gasteiger partial charge in [0.1, 0.15) is 5.69 Å². The minimum absolute atomic E-state index is 0.289. The minimum atomic E-state index is 0.289. The number of hydrogen-bond acceptors (Lipinski definition) is 2. The van der Waals surface area contributed by atoms with Crippen LogP contribution in [0.2, 0.25) is 0 Å². The first-order chi connectivity index (χ1) is 4.61. The van der Waals surface area contributed by atoms with Crippen molar-refractivity contribution in [2.45, 2.75) is 19.8 Å². The van der Waals surface area contributed by atoms with Crippen LogP contribution in [0.5, 0.6) is 5.75 Å². The molecule has 1 aromatic heterocycles. The van der Waals surface area contributed by atoms with E-state index in [1.807, 2.05) is 13.8 Å². The monoisotopic (exact) mass is 140 g/mol. The third-order valence-electron chi connectivity index (χ3n) is 1.38. The van der Waals surface area contributed by atoms with Crippen LogP contribution in [0.15, 0.2) is 6.20 Å². The Kier molecular flexibility index (Phi) is 1.66. The Morgan fingerprint density at radius 2 is 2.20 bits per heavy atom. The van der Waals surface area contributed by atoms with Crippen molar-refractivity contribution in [2.75, 3.05) is 0 Å². The first kappa shape index (κ1) is 7.12. The Morgan fingerprint density at radius 1 is 1.60 bits per heavy atom. The van der Waals surface area contributed by atoms with Gasteiger partial charge in [0, 0.05) is 13.0 Å². The second kappa shape index (κ2) is 2.33. The zero-order valence-electron chi connectivity index (χ0n) is 6.50. The Hall–Kier alpha value is -0.990. The summed E-state index contributed by atoms with van der Waals surface area (Å²) in [7, 11) is 1.80. The highest BCUT2D eigenvalue weighted by atomic mass is 16.3. The quantitative estimate of drug-likeness (QED) is 0.637. The Bertz CT molecular complexity index is 228. The summed E-state index contributed by atoms with van der Waals surface area (Å²) in [5.41, 5.74) is 0.766. The molecule has 0 bridgehead atoms. The lowest BCUT2D eigenvalue weighted by Gasteiger charge is -1.97. The predicted octanol–water partition coefficient (Wildman–Crippen LogP) is 1.25. The summed E-state index contributed by atoms with van der Waals surface area (Å²) in [4.78, 5) is 0. The van der Waals surface area contributed by atoms with Crippen LogP contribution in [0.25, 0.3) is 0 Å². The highest BCUT2D eigenvalue weighted by molar-refractivity contribution is 5.24. The van der Waals surface area contributed by atoms with Gasteiger partial charge in [0.15, 0.2) is 5.75 Å². The fourth-order valence-corrected chi connectivity index (χ4v) is 0.904. The lowest BCUT2D eigenvalue weighted by molar-refractivity contribution is 0.464. The van der Waals surface area contributed by atoms with E-state index in [1.54, 1.807) is 17.9 Å². The van der Waals surface area contributed by atoms with E-state index in [2.05, 4.69) is 5.10 Å². The van der Waals surface area contributed by atoms with E-state index in [0.29, 0.717) is 5.92 Å². The van der Waals surface area contributed by atoms with Gasteiger partial charge < -0.3 is 5.11 Å². The Balaban J connectivity index is 3.03. The predicted molar refractivity (Wildman–Crippen MR) is 39.0 cm³/mol. The number of aromatic hydroxyl groups is 1. The second-order valence-corrected chi connectivity index (χ2v) is 2.73. The van der Waals surface area contributed by atoms with E-state index in [1.165, 1.54) is 0 Å². The van der Waals surface area contributed by atoms with Gasteiger partial charge in [0.2, 0.25) is 0 Å². The maximum Gasteiger partial charge on any atom is 0.157 e. The van der Waals surface area contributed by atoms with Crippen LogP contribution in [0.4, 0.5) is 0 Å². The topological polar surface area (TPSA) is 38.0 Å². The molecule has 1 N–H and O–H groups in total. The fourth-order valence-electron chi connectivity index (χ4n) is 0.904. The van der Waals surface area contributed by atoms with E-state index in [0.717, 1.165) is 5.69 Å². The van der Waals surface area contributed by atoms with Gasteiger partial charge in [-0.3, -0.25) is 4.68 Å². The molecule has 1 heterocycles. The van der Waals surface area contributed by atoms with Gasteiger partial charge in [-0.2, -0.15) is 5.10 Å². The van der Waals surface area contributed by atoms with Gasteiger partial charge in [0.25, 0.3) is 0 Å². The molecular weight excluding hydrogens is 128 g/mol. The van der Waals surface area contributed by atoms with Crippen LogP contribution in [0, 0.1) is 0 Å². The number of aromatic nitrogens is 2. The standard InChI is InChI=1S/C7H12N2O/c1-5(2)7-6(10)4-9(3)8-7/h4-5,10H,1-3H3. The average Bonchev–Trinajstić information content (AvgIpc) is 2.10. The molecule has 0 aliphatic rings. The van der Waals surface area contributed by atoms with E-state index in [-0.39, 0.29) is 5.75 Å². The van der Waals surface area contributed by atoms with Gasteiger partial charge >= 0.3 is 0 Å². The molecule has 10 heavy (non-hydrogen) atoms. The van der Waals surface area contributed by atoms with Crippen LogP contribution in [0.1, 0.15) is 25.5 Å². The molecule has 0 aliphatic carbocycles. The van der Waals surface area contributed by atoms with Crippen LogP contribution >= 0.6 is 0 Å². The normalized spacial score (nSPS) is 10.8. The van der Waals surface area contributed by atoms with Crippen LogP contribution in [0.3, 0.4) is 0 Å². The van der Waals surface area contributed by atoms with Gasteiger partial charge in [-0.05, 0) is 0 Å². The molecule has 1 aromatic rings. The largest absolute Gasteiger partial charge is 0.504 e. The third-order valence-corrected chi connectivity index (χ3v) is 1.38. The zero-order valence-corrected chi connectivity index (χ0v) is 6.50. The highest BCUT2D eigenvalue weighted by Crippen LogP contribution is 2.21. The van der Waals surface area contributed by atoms with E-state index in [4.69, 9.17) is 0 Å². The summed E-state index contributed by atoms with van der Waals surface area (Å²) >= 11 is 0. The van der Waals surface area contributed by atoms with E-state index in [9.17, 15) is 5.11 Å². The average molecular weight is 140 g/mol. The molecule has 3 nitrogen and oxygen atoms in total. The molecule has 0 saturated carbocycles. The van der Waals surface area contributed by atoms with E-state index < -0.39 is 0 Å². The maximum atomic E-state index is 9.22. The van der Waals surface area contributed by atoms with Crippen molar-refractivity contribution >= 4 is 0 Å². The molecule has 0 radical (unpaired) electrons. The summed E-state index contributed by atoms with van der Waals surface area (Å²) in [6.07, 6.45) is 1.61. The molecule has 0 spiro atoms. The van der Waals surface area contributed by atoms with Crippen molar-refractivity contribution in [3.8, 4) is 5.75 Å². The minimum Gasteiger partial charge on any atom is -0.504 e. The maximum absolute atomic E-state index is 9.22. The first-order valence-electron chi connectivity index (χ1n) is 3.33. The lowest BCUT2D eigenvalue weighted by Crippen LogP contribution is -1.92. The summed E-state index contributed by atoms with van der Waals surface area (Å²) in [5.74, 6) is 0.582. The fraction of sp³-hybridized carbons (Fsp3) is 0.571. The van der Waals surface area contributed by atoms with Gasteiger partial charge in [-0.15, -0.1) is 0 Å². The summed E-state index contributed by atoms with van der Waals surface area (Å²) < 4.78 is 1.62. The molecule has 0 atom stereocenters. The molecule has 0 fully saturated rings. The number of hydrogen-bond donors (Lipinski definition) is 1. The molecule has 3 heteroatoms. The second-order valence-electron chi connectivity index (χ2n) is 2.73. The third kappa shape index (κ3) is 1.12. The van der Waals surface area contributed by atoms with E-state index >= 15 is 0 Å². The zero-order chi connectivity index (χ0) is 7.72. The van der Waals surface area contributed by atoms with Crippen LogP contribution in [-0.4, -0.2) is 14.9 Å². The van der Waals surface area contributed by atoms with Gasteiger partial charge in [-0.25, -0.2) is 0 Å². The van der Waals surface area contributed by atoms with Crippen molar-refractivity contribution < 1.29 is 5.11 Å². The molecule has 56 valence electrons. The SMILES string of the molecule is CC(C)c1nn(C)cc1O. The molecule has 0 saturated heterocycles. The van der Waals surface area contributed by atoms with Crippen LogP contribution < -0.4 is 0 Å². The van der Waals surface area contributed by atoms with Crippen LogP contribution in [-0.2, 0) is 7.05 Å².